The van der Waals surface area contributed by atoms with E-state index in [1.807, 2.05) is 18.3 Å². The summed E-state index contributed by atoms with van der Waals surface area (Å²) in [5, 5.41) is 5.34. The van der Waals surface area contributed by atoms with Gasteiger partial charge in [-0.2, -0.15) is 0 Å². The van der Waals surface area contributed by atoms with Gasteiger partial charge >= 0.3 is 0 Å². The highest BCUT2D eigenvalue weighted by Crippen LogP contribution is 2.28. The molecule has 0 spiro atoms. The number of pyridine rings is 1. The lowest BCUT2D eigenvalue weighted by atomic mass is 10.1. The van der Waals surface area contributed by atoms with Crippen LogP contribution >= 0.6 is 22.9 Å². The predicted octanol–water partition coefficient (Wildman–Crippen LogP) is 4.23. The molecule has 0 unspecified atom stereocenters. The van der Waals surface area contributed by atoms with Crippen LogP contribution in [0, 0.1) is 0 Å². The van der Waals surface area contributed by atoms with Gasteiger partial charge in [0, 0.05) is 60.4 Å². The minimum Gasteiger partial charge on any atom is -0.368 e. The van der Waals surface area contributed by atoms with Gasteiger partial charge in [0.05, 0.1) is 16.2 Å². The Labute approximate surface area is 157 Å². The van der Waals surface area contributed by atoms with Gasteiger partial charge in [-0.05, 0) is 30.7 Å². The van der Waals surface area contributed by atoms with Crippen LogP contribution in [0.2, 0.25) is 5.02 Å². The molecule has 6 heteroatoms. The van der Waals surface area contributed by atoms with E-state index in [1.165, 1.54) is 21.8 Å². The highest BCUT2D eigenvalue weighted by Gasteiger charge is 2.19. The molecule has 130 valence electrons. The van der Waals surface area contributed by atoms with Crippen molar-refractivity contribution in [3.05, 3.63) is 51.6 Å². The van der Waals surface area contributed by atoms with Crippen molar-refractivity contribution in [3.8, 4) is 0 Å². The molecule has 3 heterocycles. The number of aromatic nitrogens is 2. The first kappa shape index (κ1) is 16.8. The maximum atomic E-state index is 6.10. The molecular weight excluding hydrogens is 352 g/mol. The predicted molar refractivity (Wildman–Crippen MR) is 106 cm³/mol. The van der Waals surface area contributed by atoms with Gasteiger partial charge in [0.25, 0.3) is 0 Å². The van der Waals surface area contributed by atoms with Crippen LogP contribution in [0.1, 0.15) is 17.6 Å². The van der Waals surface area contributed by atoms with Gasteiger partial charge < -0.3 is 4.90 Å². The third-order valence-corrected chi connectivity index (χ3v) is 5.96. The van der Waals surface area contributed by atoms with E-state index in [9.17, 15) is 0 Å². The van der Waals surface area contributed by atoms with Crippen molar-refractivity contribution in [3.63, 3.8) is 0 Å². The zero-order valence-corrected chi connectivity index (χ0v) is 15.9. The lowest BCUT2D eigenvalue weighted by molar-refractivity contribution is 0.247. The van der Waals surface area contributed by atoms with E-state index >= 15 is 0 Å². The van der Waals surface area contributed by atoms with Crippen molar-refractivity contribution in [2.24, 2.45) is 0 Å². The van der Waals surface area contributed by atoms with E-state index in [0.717, 1.165) is 49.7 Å². The molecule has 25 heavy (non-hydrogen) atoms. The van der Waals surface area contributed by atoms with Crippen LogP contribution in [-0.4, -0.2) is 41.0 Å². The molecule has 0 saturated carbocycles. The molecular formula is C19H21ClN4S. The summed E-state index contributed by atoms with van der Waals surface area (Å²) in [4.78, 5) is 14.1. The molecule has 0 amide bonds. The lowest BCUT2D eigenvalue weighted by Crippen LogP contribution is -2.46. The summed E-state index contributed by atoms with van der Waals surface area (Å²) in [5.41, 5.74) is 3.42. The van der Waals surface area contributed by atoms with Crippen LogP contribution in [0.3, 0.4) is 0 Å². The summed E-state index contributed by atoms with van der Waals surface area (Å²) in [6.45, 7) is 7.26. The van der Waals surface area contributed by atoms with E-state index in [4.69, 9.17) is 16.6 Å². The van der Waals surface area contributed by atoms with E-state index in [-0.39, 0.29) is 0 Å². The van der Waals surface area contributed by atoms with Crippen molar-refractivity contribution in [2.45, 2.75) is 19.9 Å². The van der Waals surface area contributed by atoms with Gasteiger partial charge in [-0.15, -0.1) is 11.3 Å². The molecule has 0 atom stereocenters. The van der Waals surface area contributed by atoms with E-state index in [0.29, 0.717) is 0 Å². The molecule has 1 fully saturated rings. The average molecular weight is 373 g/mol. The second-order valence-electron chi connectivity index (χ2n) is 6.34. The van der Waals surface area contributed by atoms with Crippen LogP contribution in [0.4, 0.5) is 5.69 Å². The molecule has 0 N–H and O–H groups in total. The second-order valence-corrected chi connectivity index (χ2v) is 7.72. The Bertz CT molecular complexity index is 871. The molecule has 4 nitrogen and oxygen atoms in total. The van der Waals surface area contributed by atoms with E-state index < -0.39 is 0 Å². The fraction of sp³-hybridized carbons (Fsp3) is 0.368. The number of anilines is 1. The number of hydrogen-bond acceptors (Lipinski definition) is 5. The number of hydrogen-bond donors (Lipinski definition) is 0. The lowest BCUT2D eigenvalue weighted by Gasteiger charge is -2.36. The highest BCUT2D eigenvalue weighted by atomic mass is 35.5. The first-order valence-electron chi connectivity index (χ1n) is 8.68. The molecule has 1 saturated heterocycles. The van der Waals surface area contributed by atoms with Gasteiger partial charge in [-0.25, -0.2) is 4.98 Å². The quantitative estimate of drug-likeness (QED) is 0.686. The Morgan fingerprint density at radius 3 is 2.76 bits per heavy atom. The third kappa shape index (κ3) is 3.64. The number of halogens is 1. The largest absolute Gasteiger partial charge is 0.368 e. The van der Waals surface area contributed by atoms with Gasteiger partial charge in [0.15, 0.2) is 0 Å². The number of benzene rings is 1. The number of aryl methyl sites for hydroxylation is 1. The molecule has 1 aromatic carbocycles. The minimum absolute atomic E-state index is 0.733. The van der Waals surface area contributed by atoms with Crippen molar-refractivity contribution in [1.82, 2.24) is 14.9 Å². The number of piperazine rings is 1. The first-order chi connectivity index (χ1) is 12.2. The summed E-state index contributed by atoms with van der Waals surface area (Å²) in [6, 6.07) is 8.07. The molecule has 0 radical (unpaired) electrons. The Morgan fingerprint density at radius 1 is 1.16 bits per heavy atom. The standard InChI is InChI=1S/C19H21ClN4S/c1-2-19-22-15(13-25-19)12-23-7-9-24(10-8-23)18-5-6-21-17-11-14(20)3-4-16(17)18/h3-6,11,13H,2,7-10,12H2,1H3. The number of thiazole rings is 1. The zero-order valence-electron chi connectivity index (χ0n) is 14.3. The molecule has 4 rings (SSSR count). The van der Waals surface area contributed by atoms with Gasteiger partial charge in [0.1, 0.15) is 0 Å². The summed E-state index contributed by atoms with van der Waals surface area (Å²) >= 11 is 7.87. The highest BCUT2D eigenvalue weighted by molar-refractivity contribution is 7.09. The maximum absolute atomic E-state index is 6.10. The van der Waals surface area contributed by atoms with Gasteiger partial charge in [0.2, 0.25) is 0 Å². The molecule has 3 aromatic rings. The molecule has 1 aliphatic rings. The van der Waals surface area contributed by atoms with Crippen LogP contribution in [0.25, 0.3) is 10.9 Å². The van der Waals surface area contributed by atoms with Crippen LogP contribution in [-0.2, 0) is 13.0 Å². The fourth-order valence-corrected chi connectivity index (χ4v) is 4.24. The summed E-state index contributed by atoms with van der Waals surface area (Å²) < 4.78 is 0. The first-order valence-corrected chi connectivity index (χ1v) is 9.93. The van der Waals surface area contributed by atoms with Crippen LogP contribution < -0.4 is 4.90 Å². The zero-order chi connectivity index (χ0) is 17.2. The van der Waals surface area contributed by atoms with Crippen molar-refractivity contribution >= 4 is 39.5 Å². The Hall–Kier alpha value is -1.69. The summed E-state index contributed by atoms with van der Waals surface area (Å²) in [5.74, 6) is 0. The normalized spacial score (nSPS) is 15.8. The number of rotatable bonds is 4. The Morgan fingerprint density at radius 2 is 2.00 bits per heavy atom. The van der Waals surface area contributed by atoms with Gasteiger partial charge in [-0.3, -0.25) is 9.88 Å². The van der Waals surface area contributed by atoms with Crippen molar-refractivity contribution in [1.29, 1.82) is 0 Å². The van der Waals surface area contributed by atoms with E-state index in [2.05, 4.69) is 39.2 Å². The molecule has 0 bridgehead atoms. The topological polar surface area (TPSA) is 32.3 Å². The molecule has 2 aromatic heterocycles. The summed E-state index contributed by atoms with van der Waals surface area (Å²) in [7, 11) is 0. The van der Waals surface area contributed by atoms with Crippen LogP contribution in [0.5, 0.6) is 0 Å². The third-order valence-electron chi connectivity index (χ3n) is 4.68. The second kappa shape index (κ2) is 7.28. The fourth-order valence-electron chi connectivity index (χ4n) is 3.34. The smallest absolute Gasteiger partial charge is 0.0926 e. The Kier molecular flexibility index (Phi) is 4.88. The molecule has 0 aliphatic carbocycles. The maximum Gasteiger partial charge on any atom is 0.0926 e. The van der Waals surface area contributed by atoms with Gasteiger partial charge in [-0.1, -0.05) is 18.5 Å². The number of nitrogens with zero attached hydrogens (tertiary/aromatic N) is 4. The number of fused-ring (bicyclic) bond motifs is 1. The summed E-state index contributed by atoms with van der Waals surface area (Å²) in [6.07, 6.45) is 2.90. The Balaban J connectivity index is 1.45. The monoisotopic (exact) mass is 372 g/mol. The van der Waals surface area contributed by atoms with Crippen molar-refractivity contribution < 1.29 is 0 Å². The average Bonchev–Trinajstić information content (AvgIpc) is 3.09. The van der Waals surface area contributed by atoms with E-state index in [1.54, 1.807) is 11.3 Å². The SMILES string of the molecule is CCc1nc(CN2CCN(c3ccnc4cc(Cl)ccc34)CC2)cs1. The van der Waals surface area contributed by atoms with Crippen molar-refractivity contribution in [2.75, 3.05) is 31.1 Å². The molecule has 1 aliphatic heterocycles. The van der Waals surface area contributed by atoms with Crippen LogP contribution in [0.15, 0.2) is 35.8 Å². The minimum atomic E-state index is 0.733.